The first kappa shape index (κ1) is 12.3. The number of halogens is 2. The van der Waals surface area contributed by atoms with Gasteiger partial charge < -0.3 is 5.11 Å². The molecule has 82 valence electrons. The number of hydrogen-bond donors (Lipinski definition) is 1. The highest BCUT2D eigenvalue weighted by molar-refractivity contribution is 7.98. The molecule has 0 saturated carbocycles. The van der Waals surface area contributed by atoms with Gasteiger partial charge in [0.05, 0.1) is 6.42 Å². The maximum atomic E-state index is 13.2. The normalized spacial score (nSPS) is 10.3. The largest absolute Gasteiger partial charge is 0.481 e. The monoisotopic (exact) mass is 248 g/mol. The maximum absolute atomic E-state index is 13.2. The van der Waals surface area contributed by atoms with Gasteiger partial charge in [0.15, 0.2) is 0 Å². The number of carboxylic acid groups (broad SMARTS) is 1. The molecule has 0 aliphatic heterocycles. The van der Waals surface area contributed by atoms with Crippen molar-refractivity contribution in [2.45, 2.75) is 12.2 Å². The highest BCUT2D eigenvalue weighted by Crippen LogP contribution is 2.20. The lowest BCUT2D eigenvalue weighted by Crippen LogP contribution is -1.96. The summed E-state index contributed by atoms with van der Waals surface area (Å²) in [4.78, 5) is 10.2. The zero-order valence-electron chi connectivity index (χ0n) is 7.87. The molecule has 1 rings (SSSR count). The Morgan fingerprint density at radius 2 is 2.27 bits per heavy atom. The molecule has 15 heavy (non-hydrogen) atoms. The summed E-state index contributed by atoms with van der Waals surface area (Å²) in [5.74, 6) is -0.225. The van der Waals surface area contributed by atoms with E-state index in [0.717, 1.165) is 0 Å². The fourth-order valence-corrected chi connectivity index (χ4v) is 2.09. The molecule has 1 N–H and O–H groups in total. The molecule has 5 heteroatoms. The van der Waals surface area contributed by atoms with Crippen molar-refractivity contribution in [2.75, 3.05) is 5.75 Å². The molecule has 0 amide bonds. The minimum absolute atomic E-state index is 0.0901. The van der Waals surface area contributed by atoms with Gasteiger partial charge in [0.1, 0.15) is 5.82 Å². The van der Waals surface area contributed by atoms with Crippen LogP contribution in [-0.4, -0.2) is 16.8 Å². The zero-order valence-corrected chi connectivity index (χ0v) is 9.45. The van der Waals surface area contributed by atoms with Gasteiger partial charge in [-0.1, -0.05) is 11.6 Å². The topological polar surface area (TPSA) is 37.3 Å². The highest BCUT2D eigenvalue weighted by Gasteiger charge is 2.03. The van der Waals surface area contributed by atoms with Crippen LogP contribution in [0.25, 0.3) is 0 Å². The van der Waals surface area contributed by atoms with E-state index in [2.05, 4.69) is 0 Å². The fourth-order valence-electron chi connectivity index (χ4n) is 0.996. The van der Waals surface area contributed by atoms with E-state index in [1.165, 1.54) is 23.9 Å². The molecule has 0 bridgehead atoms. The van der Waals surface area contributed by atoms with Gasteiger partial charge in [-0.15, -0.1) is 0 Å². The quantitative estimate of drug-likeness (QED) is 0.814. The van der Waals surface area contributed by atoms with Crippen LogP contribution in [0.3, 0.4) is 0 Å². The van der Waals surface area contributed by atoms with Crippen LogP contribution in [0.4, 0.5) is 4.39 Å². The summed E-state index contributed by atoms with van der Waals surface area (Å²) in [7, 11) is 0. The minimum Gasteiger partial charge on any atom is -0.481 e. The second kappa shape index (κ2) is 5.98. The number of aliphatic carboxylic acids is 1. The fraction of sp³-hybridized carbons (Fsp3) is 0.300. The Balaban J connectivity index is 2.43. The number of benzene rings is 1. The molecular formula is C10H10ClFO2S. The van der Waals surface area contributed by atoms with E-state index in [4.69, 9.17) is 16.7 Å². The summed E-state index contributed by atoms with van der Waals surface area (Å²) in [6, 6.07) is 4.36. The van der Waals surface area contributed by atoms with Crippen molar-refractivity contribution in [3.8, 4) is 0 Å². The van der Waals surface area contributed by atoms with Crippen molar-refractivity contribution in [1.29, 1.82) is 0 Å². The first-order valence-corrected chi connectivity index (χ1v) is 5.86. The van der Waals surface area contributed by atoms with Crippen LogP contribution in [0.5, 0.6) is 0 Å². The average Bonchev–Trinajstić information content (AvgIpc) is 2.17. The van der Waals surface area contributed by atoms with Crippen LogP contribution >= 0.6 is 23.4 Å². The van der Waals surface area contributed by atoms with Crippen molar-refractivity contribution in [3.05, 3.63) is 34.6 Å². The van der Waals surface area contributed by atoms with Crippen molar-refractivity contribution >= 4 is 29.3 Å². The molecule has 0 aliphatic rings. The summed E-state index contributed by atoms with van der Waals surface area (Å²) in [6.07, 6.45) is 0.0901. The molecule has 0 radical (unpaired) electrons. The lowest BCUT2D eigenvalue weighted by atomic mass is 10.2. The average molecular weight is 249 g/mol. The molecule has 0 unspecified atom stereocenters. The first-order valence-electron chi connectivity index (χ1n) is 4.33. The second-order valence-electron chi connectivity index (χ2n) is 2.93. The number of thioether (sulfide) groups is 1. The maximum Gasteiger partial charge on any atom is 0.304 e. The molecule has 0 heterocycles. The number of rotatable bonds is 5. The minimum atomic E-state index is -0.839. The van der Waals surface area contributed by atoms with Crippen molar-refractivity contribution in [1.82, 2.24) is 0 Å². The standard InChI is InChI=1S/C10H10ClFO2S/c11-8-1-2-9(12)7(5-8)6-15-4-3-10(13)14/h1-2,5H,3-4,6H2,(H,13,14). The molecule has 0 saturated heterocycles. The molecular weight excluding hydrogens is 239 g/mol. The van der Waals surface area contributed by atoms with Crippen molar-refractivity contribution in [3.63, 3.8) is 0 Å². The predicted octanol–water partition coefficient (Wildman–Crippen LogP) is 3.19. The lowest BCUT2D eigenvalue weighted by Gasteiger charge is -2.02. The van der Waals surface area contributed by atoms with E-state index >= 15 is 0 Å². The summed E-state index contributed by atoms with van der Waals surface area (Å²) in [6.45, 7) is 0. The van der Waals surface area contributed by atoms with Crippen LogP contribution < -0.4 is 0 Å². The van der Waals surface area contributed by atoms with E-state index in [1.54, 1.807) is 6.07 Å². The van der Waals surface area contributed by atoms with Gasteiger partial charge in [0.2, 0.25) is 0 Å². The molecule has 0 spiro atoms. The summed E-state index contributed by atoms with van der Waals surface area (Å²) in [5, 5.41) is 8.89. The third-order valence-electron chi connectivity index (χ3n) is 1.73. The predicted molar refractivity (Wildman–Crippen MR) is 59.8 cm³/mol. The molecule has 0 aliphatic carbocycles. The van der Waals surface area contributed by atoms with Crippen LogP contribution in [0.1, 0.15) is 12.0 Å². The summed E-state index contributed by atoms with van der Waals surface area (Å²) in [5.41, 5.74) is 0.512. The summed E-state index contributed by atoms with van der Waals surface area (Å²) < 4.78 is 13.2. The molecule has 0 aromatic heterocycles. The van der Waals surface area contributed by atoms with Crippen LogP contribution in [-0.2, 0) is 10.5 Å². The third kappa shape index (κ3) is 4.53. The number of carbonyl (C=O) groups is 1. The number of hydrogen-bond acceptors (Lipinski definition) is 2. The summed E-state index contributed by atoms with van der Waals surface area (Å²) >= 11 is 7.09. The van der Waals surface area contributed by atoms with Crippen LogP contribution in [0, 0.1) is 5.82 Å². The van der Waals surface area contributed by atoms with Gasteiger partial charge >= 0.3 is 5.97 Å². The molecule has 2 nitrogen and oxygen atoms in total. The van der Waals surface area contributed by atoms with E-state index in [9.17, 15) is 9.18 Å². The Kier molecular flexibility index (Phi) is 4.91. The molecule has 1 aromatic rings. The van der Waals surface area contributed by atoms with Gasteiger partial charge in [-0.3, -0.25) is 4.79 Å². The van der Waals surface area contributed by atoms with Gasteiger partial charge in [0, 0.05) is 16.5 Å². The second-order valence-corrected chi connectivity index (χ2v) is 4.47. The Bertz CT molecular complexity index is 357. The number of carboxylic acids is 1. The Hall–Kier alpha value is -0.740. The smallest absolute Gasteiger partial charge is 0.304 e. The van der Waals surface area contributed by atoms with Gasteiger partial charge in [-0.2, -0.15) is 11.8 Å². The van der Waals surface area contributed by atoms with Crippen LogP contribution in [0.15, 0.2) is 18.2 Å². The van der Waals surface area contributed by atoms with E-state index < -0.39 is 5.97 Å². The molecule has 1 aromatic carbocycles. The Morgan fingerprint density at radius 3 is 2.93 bits per heavy atom. The van der Waals surface area contributed by atoms with Crippen LogP contribution in [0.2, 0.25) is 5.02 Å². The lowest BCUT2D eigenvalue weighted by molar-refractivity contribution is -0.136. The third-order valence-corrected chi connectivity index (χ3v) is 2.97. The zero-order chi connectivity index (χ0) is 11.3. The molecule has 0 fully saturated rings. The Morgan fingerprint density at radius 1 is 1.53 bits per heavy atom. The van der Waals surface area contributed by atoms with E-state index in [1.807, 2.05) is 0 Å². The van der Waals surface area contributed by atoms with Crippen molar-refractivity contribution < 1.29 is 14.3 Å². The SMILES string of the molecule is O=C(O)CCSCc1cc(Cl)ccc1F. The first-order chi connectivity index (χ1) is 7.09. The Labute approximate surface area is 96.4 Å². The molecule has 0 atom stereocenters. The van der Waals surface area contributed by atoms with Gasteiger partial charge in [0.25, 0.3) is 0 Å². The highest BCUT2D eigenvalue weighted by atomic mass is 35.5. The van der Waals surface area contributed by atoms with Gasteiger partial charge in [-0.05, 0) is 23.8 Å². The van der Waals surface area contributed by atoms with E-state index in [0.29, 0.717) is 22.1 Å². The van der Waals surface area contributed by atoms with E-state index in [-0.39, 0.29) is 12.2 Å². The van der Waals surface area contributed by atoms with Gasteiger partial charge in [-0.25, -0.2) is 4.39 Å². The van der Waals surface area contributed by atoms with Crippen molar-refractivity contribution in [2.24, 2.45) is 0 Å².